The van der Waals surface area contributed by atoms with Crippen LogP contribution in [-0.2, 0) is 4.79 Å². The van der Waals surface area contributed by atoms with Crippen molar-refractivity contribution in [2.45, 2.75) is 33.7 Å². The van der Waals surface area contributed by atoms with Gasteiger partial charge in [0, 0.05) is 11.4 Å². The number of imidazole rings is 1. The van der Waals surface area contributed by atoms with Gasteiger partial charge in [-0.25, -0.2) is 4.79 Å². The normalized spacial score (nSPS) is 12.9. The maximum Gasteiger partial charge on any atom is 0.326 e. The predicted octanol–water partition coefficient (Wildman–Crippen LogP) is 0.943. The number of hydrogen-bond donors (Lipinski definition) is 1. The number of carbonyl (C=O) groups excluding carboxylic acids is 1. The minimum Gasteiger partial charge on any atom is -0.310 e. The van der Waals surface area contributed by atoms with E-state index in [0.717, 1.165) is 11.4 Å². The van der Waals surface area contributed by atoms with E-state index in [1.807, 2.05) is 13.8 Å². The molecular formula is C9H14N2O2. The second-order valence-electron chi connectivity index (χ2n) is 3.30. The van der Waals surface area contributed by atoms with Gasteiger partial charge >= 0.3 is 5.69 Å². The molecule has 0 saturated heterocycles. The Balaban J connectivity index is 3.29. The third-order valence-corrected chi connectivity index (χ3v) is 2.39. The molecule has 0 saturated carbocycles. The smallest absolute Gasteiger partial charge is 0.310 e. The zero-order valence-corrected chi connectivity index (χ0v) is 8.34. The second kappa shape index (κ2) is 3.20. The lowest BCUT2D eigenvalue weighted by Crippen LogP contribution is -2.25. The van der Waals surface area contributed by atoms with Crippen LogP contribution in [0, 0.1) is 13.8 Å². The Kier molecular flexibility index (Phi) is 2.40. The summed E-state index contributed by atoms with van der Waals surface area (Å²) in [6.07, 6.45) is 0. The van der Waals surface area contributed by atoms with Gasteiger partial charge in [0.2, 0.25) is 0 Å². The van der Waals surface area contributed by atoms with Gasteiger partial charge in [0.15, 0.2) is 5.78 Å². The van der Waals surface area contributed by atoms with Crippen LogP contribution in [0.2, 0.25) is 0 Å². The minimum atomic E-state index is -0.377. The first-order chi connectivity index (χ1) is 5.95. The number of aromatic nitrogens is 2. The molecule has 1 atom stereocenters. The Labute approximate surface area is 76.6 Å². The van der Waals surface area contributed by atoms with E-state index in [-0.39, 0.29) is 17.5 Å². The molecule has 4 nitrogen and oxygen atoms in total. The van der Waals surface area contributed by atoms with E-state index in [1.165, 1.54) is 11.5 Å². The van der Waals surface area contributed by atoms with Gasteiger partial charge < -0.3 is 4.98 Å². The van der Waals surface area contributed by atoms with Crippen molar-refractivity contribution in [2.24, 2.45) is 0 Å². The highest BCUT2D eigenvalue weighted by Gasteiger charge is 2.16. The highest BCUT2D eigenvalue weighted by molar-refractivity contribution is 5.79. The van der Waals surface area contributed by atoms with Crippen LogP contribution < -0.4 is 5.69 Å². The molecule has 0 amide bonds. The third kappa shape index (κ3) is 1.56. The zero-order chi connectivity index (χ0) is 10.2. The third-order valence-electron chi connectivity index (χ3n) is 2.39. The Morgan fingerprint density at radius 1 is 1.46 bits per heavy atom. The lowest BCUT2D eigenvalue weighted by atomic mass is 10.2. The minimum absolute atomic E-state index is 0.01000. The molecule has 0 aliphatic rings. The number of carbonyl (C=O) groups is 1. The number of aromatic amines is 1. The zero-order valence-electron chi connectivity index (χ0n) is 8.34. The van der Waals surface area contributed by atoms with Crippen molar-refractivity contribution >= 4 is 5.78 Å². The van der Waals surface area contributed by atoms with Crippen LogP contribution in [0.1, 0.15) is 31.3 Å². The maximum atomic E-state index is 11.4. The van der Waals surface area contributed by atoms with Crippen LogP contribution >= 0.6 is 0 Å². The topological polar surface area (TPSA) is 54.9 Å². The molecule has 0 aromatic carbocycles. The van der Waals surface area contributed by atoms with Gasteiger partial charge in [-0.15, -0.1) is 0 Å². The standard InChI is InChI=1S/C9H14N2O2/c1-5-6(2)11(9(13)10-5)7(3)8(4)12/h7H,1-4H3,(H,10,13). The number of aryl methyl sites for hydroxylation is 1. The largest absolute Gasteiger partial charge is 0.326 e. The van der Waals surface area contributed by atoms with Crippen molar-refractivity contribution in [2.75, 3.05) is 0 Å². The van der Waals surface area contributed by atoms with E-state index in [9.17, 15) is 9.59 Å². The van der Waals surface area contributed by atoms with Crippen molar-refractivity contribution in [1.29, 1.82) is 0 Å². The monoisotopic (exact) mass is 182 g/mol. The molecule has 1 unspecified atom stereocenters. The fourth-order valence-corrected chi connectivity index (χ4v) is 1.29. The molecule has 13 heavy (non-hydrogen) atoms. The summed E-state index contributed by atoms with van der Waals surface area (Å²) in [7, 11) is 0. The number of rotatable bonds is 2. The van der Waals surface area contributed by atoms with Gasteiger partial charge in [-0.3, -0.25) is 9.36 Å². The summed E-state index contributed by atoms with van der Waals surface area (Å²) in [6, 6.07) is -0.377. The van der Waals surface area contributed by atoms with Crippen molar-refractivity contribution in [1.82, 2.24) is 9.55 Å². The maximum absolute atomic E-state index is 11.4. The molecular weight excluding hydrogens is 168 g/mol. The molecule has 0 aliphatic carbocycles. The molecule has 4 heteroatoms. The molecule has 1 N–H and O–H groups in total. The Bertz CT molecular complexity index is 387. The van der Waals surface area contributed by atoms with Gasteiger partial charge in [0.1, 0.15) is 0 Å². The van der Waals surface area contributed by atoms with Crippen molar-refractivity contribution in [3.8, 4) is 0 Å². The van der Waals surface area contributed by atoms with E-state index in [0.29, 0.717) is 0 Å². The number of nitrogens with one attached hydrogen (secondary N) is 1. The Morgan fingerprint density at radius 3 is 2.31 bits per heavy atom. The number of hydrogen-bond acceptors (Lipinski definition) is 2. The molecule has 1 rings (SSSR count). The van der Waals surface area contributed by atoms with Gasteiger partial charge in [-0.1, -0.05) is 0 Å². The Hall–Kier alpha value is -1.32. The van der Waals surface area contributed by atoms with E-state index in [2.05, 4.69) is 4.98 Å². The summed E-state index contributed by atoms with van der Waals surface area (Å²) in [4.78, 5) is 25.1. The molecule has 0 fully saturated rings. The van der Waals surface area contributed by atoms with E-state index < -0.39 is 0 Å². The van der Waals surface area contributed by atoms with Gasteiger partial charge in [-0.05, 0) is 27.7 Å². The molecule has 0 radical (unpaired) electrons. The van der Waals surface area contributed by atoms with E-state index in [1.54, 1.807) is 6.92 Å². The first-order valence-corrected chi connectivity index (χ1v) is 4.23. The number of H-pyrrole nitrogens is 1. The molecule has 72 valence electrons. The molecule has 1 heterocycles. The van der Waals surface area contributed by atoms with Crippen LogP contribution in [0.25, 0.3) is 0 Å². The van der Waals surface area contributed by atoms with Crippen LogP contribution in [0.4, 0.5) is 0 Å². The quantitative estimate of drug-likeness (QED) is 0.740. The van der Waals surface area contributed by atoms with Crippen LogP contribution in [0.3, 0.4) is 0 Å². The van der Waals surface area contributed by atoms with Gasteiger partial charge in [0.25, 0.3) is 0 Å². The molecule has 0 spiro atoms. The van der Waals surface area contributed by atoms with Crippen molar-refractivity contribution in [3.63, 3.8) is 0 Å². The van der Waals surface area contributed by atoms with Crippen LogP contribution in [0.5, 0.6) is 0 Å². The SMILES string of the molecule is CC(=O)C(C)n1c(C)c(C)[nH]c1=O. The lowest BCUT2D eigenvalue weighted by molar-refractivity contribution is -0.119. The Morgan fingerprint density at radius 2 is 2.00 bits per heavy atom. The van der Waals surface area contributed by atoms with Gasteiger partial charge in [0.05, 0.1) is 6.04 Å². The number of Topliss-reactive ketones (excluding diaryl/α,β-unsaturated/α-hetero) is 1. The molecule has 1 aromatic heterocycles. The second-order valence-corrected chi connectivity index (χ2v) is 3.30. The van der Waals surface area contributed by atoms with Crippen LogP contribution in [-0.4, -0.2) is 15.3 Å². The summed E-state index contributed by atoms with van der Waals surface area (Å²) in [5.41, 5.74) is 1.43. The fraction of sp³-hybridized carbons (Fsp3) is 0.556. The molecule has 1 aromatic rings. The highest BCUT2D eigenvalue weighted by atomic mass is 16.2. The summed E-state index contributed by atoms with van der Waals surface area (Å²) in [6.45, 7) is 6.86. The number of nitrogens with zero attached hydrogens (tertiary/aromatic N) is 1. The summed E-state index contributed by atoms with van der Waals surface area (Å²) in [5.74, 6) is -0.01000. The average molecular weight is 182 g/mol. The van der Waals surface area contributed by atoms with Crippen molar-refractivity contribution in [3.05, 3.63) is 21.9 Å². The molecule has 0 aliphatic heterocycles. The molecule has 0 bridgehead atoms. The summed E-state index contributed by atoms with van der Waals surface area (Å²) >= 11 is 0. The summed E-state index contributed by atoms with van der Waals surface area (Å²) < 4.78 is 1.48. The highest BCUT2D eigenvalue weighted by Crippen LogP contribution is 2.09. The fourth-order valence-electron chi connectivity index (χ4n) is 1.29. The number of ketones is 1. The van der Waals surface area contributed by atoms with E-state index >= 15 is 0 Å². The first kappa shape index (κ1) is 9.77. The summed E-state index contributed by atoms with van der Waals surface area (Å²) in [5, 5.41) is 0. The average Bonchev–Trinajstić information content (AvgIpc) is 2.26. The van der Waals surface area contributed by atoms with Gasteiger partial charge in [-0.2, -0.15) is 0 Å². The predicted molar refractivity (Wildman–Crippen MR) is 49.9 cm³/mol. The van der Waals surface area contributed by atoms with E-state index in [4.69, 9.17) is 0 Å². The lowest BCUT2D eigenvalue weighted by Gasteiger charge is -2.10. The first-order valence-electron chi connectivity index (χ1n) is 4.23. The van der Waals surface area contributed by atoms with Crippen molar-refractivity contribution < 1.29 is 4.79 Å². The van der Waals surface area contributed by atoms with Crippen LogP contribution in [0.15, 0.2) is 4.79 Å².